The molecule has 0 radical (unpaired) electrons. The number of ether oxygens (including phenoxy) is 3. The number of allylic oxidation sites excluding steroid dienone is 2. The number of nitrogens with zero attached hydrogens (tertiary/aromatic N) is 1. The van der Waals surface area contributed by atoms with Crippen molar-refractivity contribution in [3.63, 3.8) is 0 Å². The van der Waals surface area contributed by atoms with Gasteiger partial charge in [-0.2, -0.15) is 5.26 Å². The molecule has 0 aliphatic carbocycles. The summed E-state index contributed by atoms with van der Waals surface area (Å²) in [6.45, 7) is 5.37. The minimum atomic E-state index is -0.719. The van der Waals surface area contributed by atoms with Crippen LogP contribution < -0.4 is 10.5 Å². The fourth-order valence-electron chi connectivity index (χ4n) is 2.80. The van der Waals surface area contributed by atoms with E-state index in [1.165, 1.54) is 0 Å². The highest BCUT2D eigenvalue weighted by molar-refractivity contribution is 5.92. The van der Waals surface area contributed by atoms with Gasteiger partial charge in [0.15, 0.2) is 0 Å². The summed E-state index contributed by atoms with van der Waals surface area (Å²) in [6.07, 6.45) is 1.02. The predicted octanol–water partition coefficient (Wildman–Crippen LogP) is 3.04. The third-order valence-corrected chi connectivity index (χ3v) is 4.00. The van der Waals surface area contributed by atoms with E-state index < -0.39 is 11.9 Å². The first-order valence-electron chi connectivity index (χ1n) is 8.68. The summed E-state index contributed by atoms with van der Waals surface area (Å²) in [5, 5.41) is 9.53. The van der Waals surface area contributed by atoms with E-state index in [9.17, 15) is 14.9 Å². The average molecular weight is 370 g/mol. The Morgan fingerprint density at radius 2 is 1.93 bits per heavy atom. The maximum absolute atomic E-state index is 12.4. The summed E-state index contributed by atoms with van der Waals surface area (Å²) in [4.78, 5) is 24.1. The van der Waals surface area contributed by atoms with E-state index in [0.29, 0.717) is 24.2 Å². The summed E-state index contributed by atoms with van der Waals surface area (Å²) in [5.41, 5.74) is 6.83. The number of nitriles is 1. The molecule has 0 amide bonds. The summed E-state index contributed by atoms with van der Waals surface area (Å²) in [7, 11) is 0. The molecule has 0 spiro atoms. The molecule has 1 unspecified atom stereocenters. The topological polar surface area (TPSA) is 112 Å². The van der Waals surface area contributed by atoms with Crippen molar-refractivity contribution in [2.45, 2.75) is 39.5 Å². The molecule has 7 heteroatoms. The van der Waals surface area contributed by atoms with Crippen molar-refractivity contribution >= 4 is 11.9 Å². The predicted molar refractivity (Wildman–Crippen MR) is 97.0 cm³/mol. The van der Waals surface area contributed by atoms with Gasteiger partial charge >= 0.3 is 11.9 Å². The third-order valence-electron chi connectivity index (χ3n) is 4.00. The molecule has 142 valence electrons. The zero-order valence-electron chi connectivity index (χ0n) is 15.6. The largest absolute Gasteiger partial charge is 0.463 e. The van der Waals surface area contributed by atoms with Crippen molar-refractivity contribution in [2.24, 2.45) is 5.73 Å². The Labute approximate surface area is 158 Å². The monoisotopic (exact) mass is 370 g/mol. The number of hydrogen-bond donors (Lipinski definition) is 1. The van der Waals surface area contributed by atoms with Crippen LogP contribution >= 0.6 is 0 Å². The van der Waals surface area contributed by atoms with E-state index in [1.54, 1.807) is 38.1 Å². The SMILES string of the molecule is CCCC(=O)Oc1ccc(C2C(C#N)=C(N)OC(C)=C2C(=O)OCC)cc1. The summed E-state index contributed by atoms with van der Waals surface area (Å²) in [6, 6.07) is 8.61. The van der Waals surface area contributed by atoms with Crippen molar-refractivity contribution in [3.8, 4) is 11.8 Å². The van der Waals surface area contributed by atoms with Gasteiger partial charge in [-0.3, -0.25) is 4.79 Å². The standard InChI is InChI=1S/C20H22N2O5/c1-4-6-16(23)27-14-9-7-13(8-10-14)18-15(11-21)19(22)26-12(3)17(18)20(24)25-5-2/h7-10,18H,4-6,22H2,1-3H3. The molecule has 1 aromatic carbocycles. The molecular weight excluding hydrogens is 348 g/mol. The van der Waals surface area contributed by atoms with Crippen LogP contribution in [0, 0.1) is 11.3 Å². The molecule has 0 bridgehead atoms. The maximum atomic E-state index is 12.4. The van der Waals surface area contributed by atoms with Gasteiger partial charge in [0.05, 0.1) is 18.1 Å². The number of benzene rings is 1. The molecule has 0 saturated heterocycles. The van der Waals surface area contributed by atoms with Crippen molar-refractivity contribution < 1.29 is 23.8 Å². The number of rotatable bonds is 6. The van der Waals surface area contributed by atoms with E-state index in [0.717, 1.165) is 0 Å². The van der Waals surface area contributed by atoms with Crippen LogP contribution in [0.4, 0.5) is 0 Å². The Morgan fingerprint density at radius 1 is 1.26 bits per heavy atom. The smallest absolute Gasteiger partial charge is 0.338 e. The maximum Gasteiger partial charge on any atom is 0.338 e. The van der Waals surface area contributed by atoms with Gasteiger partial charge in [-0.05, 0) is 38.0 Å². The highest BCUT2D eigenvalue weighted by Gasteiger charge is 2.36. The van der Waals surface area contributed by atoms with Crippen molar-refractivity contribution in [1.82, 2.24) is 0 Å². The molecule has 27 heavy (non-hydrogen) atoms. The molecule has 2 N–H and O–H groups in total. The zero-order valence-corrected chi connectivity index (χ0v) is 15.6. The van der Waals surface area contributed by atoms with Crippen molar-refractivity contribution in [3.05, 3.63) is 52.6 Å². The molecule has 0 fully saturated rings. The number of carbonyl (C=O) groups excluding carboxylic acids is 2. The van der Waals surface area contributed by atoms with Crippen LogP contribution in [-0.2, 0) is 19.1 Å². The van der Waals surface area contributed by atoms with E-state index >= 15 is 0 Å². The van der Waals surface area contributed by atoms with Crippen LogP contribution in [0.25, 0.3) is 0 Å². The van der Waals surface area contributed by atoms with Crippen LogP contribution in [0.1, 0.15) is 45.1 Å². The molecule has 1 aromatic rings. The molecule has 1 aliphatic heterocycles. The van der Waals surface area contributed by atoms with Crippen molar-refractivity contribution in [1.29, 1.82) is 5.26 Å². The summed E-state index contributed by atoms with van der Waals surface area (Å²) in [5.74, 6) is -0.985. The minimum Gasteiger partial charge on any atom is -0.463 e. The number of hydrogen-bond acceptors (Lipinski definition) is 7. The first-order valence-corrected chi connectivity index (χ1v) is 8.68. The van der Waals surface area contributed by atoms with E-state index in [2.05, 4.69) is 0 Å². The van der Waals surface area contributed by atoms with Gasteiger partial charge in [-0.25, -0.2) is 4.79 Å². The van der Waals surface area contributed by atoms with E-state index in [4.69, 9.17) is 19.9 Å². The van der Waals surface area contributed by atoms with Crippen LogP contribution in [0.3, 0.4) is 0 Å². The van der Waals surface area contributed by atoms with Crippen molar-refractivity contribution in [2.75, 3.05) is 6.61 Å². The van der Waals surface area contributed by atoms with Gasteiger partial charge in [0.1, 0.15) is 23.2 Å². The average Bonchev–Trinajstić information content (AvgIpc) is 2.62. The lowest BCUT2D eigenvalue weighted by molar-refractivity contribution is -0.139. The number of nitrogens with two attached hydrogens (primary N) is 1. The Morgan fingerprint density at radius 3 is 2.48 bits per heavy atom. The Hall–Kier alpha value is -3.27. The fraction of sp³-hybridized carbons (Fsp3) is 0.350. The molecule has 1 aliphatic rings. The Balaban J connectivity index is 2.41. The number of esters is 2. The lowest BCUT2D eigenvalue weighted by atomic mass is 9.83. The Bertz CT molecular complexity index is 831. The summed E-state index contributed by atoms with van der Waals surface area (Å²) < 4.78 is 15.7. The molecule has 0 saturated carbocycles. The van der Waals surface area contributed by atoms with Crippen LogP contribution in [0.15, 0.2) is 47.1 Å². The van der Waals surface area contributed by atoms with Gasteiger partial charge < -0.3 is 19.9 Å². The fourth-order valence-corrected chi connectivity index (χ4v) is 2.80. The number of carbonyl (C=O) groups is 2. The molecule has 7 nitrogen and oxygen atoms in total. The minimum absolute atomic E-state index is 0.0495. The van der Waals surface area contributed by atoms with Gasteiger partial charge in [0.25, 0.3) is 0 Å². The molecule has 2 rings (SSSR count). The first kappa shape index (κ1) is 20.0. The molecular formula is C20H22N2O5. The van der Waals surface area contributed by atoms with Crippen LogP contribution in [-0.4, -0.2) is 18.5 Å². The molecule has 0 aromatic heterocycles. The molecule has 1 atom stereocenters. The lowest BCUT2D eigenvalue weighted by Crippen LogP contribution is -2.25. The van der Waals surface area contributed by atoms with Gasteiger partial charge in [-0.15, -0.1) is 0 Å². The second-order valence-electron chi connectivity index (χ2n) is 5.91. The second kappa shape index (κ2) is 8.90. The quantitative estimate of drug-likeness (QED) is 0.605. The van der Waals surface area contributed by atoms with Gasteiger partial charge in [0, 0.05) is 6.42 Å². The molecule has 1 heterocycles. The third kappa shape index (κ3) is 4.47. The van der Waals surface area contributed by atoms with Crippen LogP contribution in [0.2, 0.25) is 0 Å². The highest BCUT2D eigenvalue weighted by atomic mass is 16.5. The van der Waals surface area contributed by atoms with E-state index in [1.807, 2.05) is 13.0 Å². The van der Waals surface area contributed by atoms with Gasteiger partial charge in [-0.1, -0.05) is 19.1 Å². The Kier molecular flexibility index (Phi) is 6.61. The first-order chi connectivity index (χ1) is 12.9. The highest BCUT2D eigenvalue weighted by Crippen LogP contribution is 2.39. The zero-order chi connectivity index (χ0) is 20.0. The summed E-state index contributed by atoms with van der Waals surface area (Å²) >= 11 is 0. The van der Waals surface area contributed by atoms with E-state index in [-0.39, 0.29) is 35.4 Å². The van der Waals surface area contributed by atoms with Gasteiger partial charge in [0.2, 0.25) is 5.88 Å². The normalized spacial score (nSPS) is 16.4. The van der Waals surface area contributed by atoms with Crippen LogP contribution in [0.5, 0.6) is 5.75 Å². The lowest BCUT2D eigenvalue weighted by Gasteiger charge is -2.26. The second-order valence-corrected chi connectivity index (χ2v) is 5.91.